The molecular weight excluding hydrogens is 206 g/mol. The summed E-state index contributed by atoms with van der Waals surface area (Å²) in [5.74, 6) is 3.64. The minimum absolute atomic E-state index is 0.533. The Morgan fingerprint density at radius 3 is 2.53 bits per heavy atom. The van der Waals surface area contributed by atoms with Gasteiger partial charge in [0, 0.05) is 0 Å². The van der Waals surface area contributed by atoms with Crippen LogP contribution in [0.3, 0.4) is 0 Å². The van der Waals surface area contributed by atoms with E-state index < -0.39 is 0 Å². The summed E-state index contributed by atoms with van der Waals surface area (Å²) >= 11 is 0. The van der Waals surface area contributed by atoms with Crippen molar-refractivity contribution in [1.82, 2.24) is 5.32 Å². The Hall–Kier alpha value is -0.0400. The van der Waals surface area contributed by atoms with Crippen LogP contribution in [0.25, 0.3) is 0 Å². The molecule has 102 valence electrons. The molecule has 4 atom stereocenters. The van der Waals surface area contributed by atoms with E-state index in [9.17, 15) is 0 Å². The summed E-state index contributed by atoms with van der Waals surface area (Å²) in [7, 11) is 2.07. The van der Waals surface area contributed by atoms with Gasteiger partial charge in [-0.05, 0) is 55.5 Å². The maximum absolute atomic E-state index is 3.32. The molecule has 1 fully saturated rings. The fourth-order valence-corrected chi connectivity index (χ4v) is 4.64. The largest absolute Gasteiger partial charge is 0.320 e. The zero-order valence-corrected chi connectivity index (χ0v) is 12.8. The fourth-order valence-electron chi connectivity index (χ4n) is 4.64. The van der Waals surface area contributed by atoms with Crippen LogP contribution in [0.2, 0.25) is 0 Å². The Morgan fingerprint density at radius 1 is 1.35 bits per heavy atom. The van der Waals surface area contributed by atoms with Crippen molar-refractivity contribution in [3.05, 3.63) is 0 Å². The van der Waals surface area contributed by atoms with Crippen molar-refractivity contribution in [3.8, 4) is 0 Å². The van der Waals surface area contributed by atoms with Gasteiger partial charge in [-0.1, -0.05) is 47.5 Å². The van der Waals surface area contributed by atoms with Gasteiger partial charge in [-0.2, -0.15) is 0 Å². The van der Waals surface area contributed by atoms with Crippen molar-refractivity contribution in [2.45, 2.75) is 60.3 Å². The lowest BCUT2D eigenvalue weighted by Gasteiger charge is -2.38. The van der Waals surface area contributed by atoms with Crippen molar-refractivity contribution in [2.24, 2.45) is 29.1 Å². The predicted molar refractivity (Wildman–Crippen MR) is 77.2 cm³/mol. The molecule has 1 nitrogen and oxygen atoms in total. The fraction of sp³-hybridized carbons (Fsp3) is 1.00. The molecule has 1 aliphatic carbocycles. The molecule has 1 heteroatoms. The monoisotopic (exact) mass is 239 g/mol. The third-order valence-corrected chi connectivity index (χ3v) is 5.28. The third-order valence-electron chi connectivity index (χ3n) is 5.28. The first-order valence-electron chi connectivity index (χ1n) is 7.59. The quantitative estimate of drug-likeness (QED) is 0.727. The van der Waals surface area contributed by atoms with Crippen LogP contribution >= 0.6 is 0 Å². The van der Waals surface area contributed by atoms with Gasteiger partial charge in [-0.25, -0.2) is 0 Å². The Balaban J connectivity index is 2.71. The number of hydrogen-bond acceptors (Lipinski definition) is 1. The van der Waals surface area contributed by atoms with Gasteiger partial charge in [0.05, 0.1) is 0 Å². The molecule has 4 unspecified atom stereocenters. The summed E-state index contributed by atoms with van der Waals surface area (Å²) < 4.78 is 0. The molecule has 0 aromatic heterocycles. The van der Waals surface area contributed by atoms with Crippen molar-refractivity contribution < 1.29 is 0 Å². The zero-order valence-electron chi connectivity index (χ0n) is 12.8. The molecule has 1 rings (SSSR count). The lowest BCUT2D eigenvalue weighted by Crippen LogP contribution is -2.32. The second-order valence-corrected chi connectivity index (χ2v) is 6.92. The van der Waals surface area contributed by atoms with E-state index in [1.807, 2.05) is 0 Å². The van der Waals surface area contributed by atoms with Crippen LogP contribution in [0.1, 0.15) is 60.3 Å². The van der Waals surface area contributed by atoms with Crippen molar-refractivity contribution in [1.29, 1.82) is 0 Å². The first-order valence-corrected chi connectivity index (χ1v) is 7.59. The summed E-state index contributed by atoms with van der Waals surface area (Å²) in [6, 6.07) is 0. The first kappa shape index (κ1) is 15.0. The Morgan fingerprint density at radius 2 is 2.00 bits per heavy atom. The topological polar surface area (TPSA) is 12.0 Å². The van der Waals surface area contributed by atoms with Crippen molar-refractivity contribution in [2.75, 3.05) is 13.6 Å². The van der Waals surface area contributed by atoms with Gasteiger partial charge in [0.25, 0.3) is 0 Å². The normalized spacial score (nSPS) is 33.9. The lowest BCUT2D eigenvalue weighted by molar-refractivity contribution is 0.110. The van der Waals surface area contributed by atoms with Gasteiger partial charge in [-0.15, -0.1) is 0 Å². The molecule has 1 saturated carbocycles. The highest BCUT2D eigenvalue weighted by Gasteiger charge is 2.48. The van der Waals surface area contributed by atoms with E-state index in [4.69, 9.17) is 0 Å². The van der Waals surface area contributed by atoms with E-state index in [0.29, 0.717) is 5.41 Å². The summed E-state index contributed by atoms with van der Waals surface area (Å²) in [6.07, 6.45) is 5.52. The zero-order chi connectivity index (χ0) is 13.1. The minimum Gasteiger partial charge on any atom is -0.320 e. The third kappa shape index (κ3) is 3.24. The molecule has 1 aliphatic rings. The summed E-state index contributed by atoms with van der Waals surface area (Å²) in [5.41, 5.74) is 0.533. The van der Waals surface area contributed by atoms with Gasteiger partial charge in [0.15, 0.2) is 0 Å². The van der Waals surface area contributed by atoms with E-state index in [1.54, 1.807) is 0 Å². The summed E-state index contributed by atoms with van der Waals surface area (Å²) in [6.45, 7) is 13.5. The standard InChI is InChI=1S/C16H33N/c1-7-8-12(2)15-13(3)11-14(9-10-17-6)16(15,4)5/h12-15,17H,7-11H2,1-6H3. The second-order valence-electron chi connectivity index (χ2n) is 6.92. The van der Waals surface area contributed by atoms with Gasteiger partial charge in [-0.3, -0.25) is 0 Å². The molecule has 0 saturated heterocycles. The summed E-state index contributed by atoms with van der Waals surface area (Å²) in [4.78, 5) is 0. The summed E-state index contributed by atoms with van der Waals surface area (Å²) in [5, 5.41) is 3.32. The molecule has 17 heavy (non-hydrogen) atoms. The maximum atomic E-state index is 3.32. The predicted octanol–water partition coefficient (Wildman–Crippen LogP) is 4.33. The first-order chi connectivity index (χ1) is 7.95. The number of hydrogen-bond donors (Lipinski definition) is 1. The minimum atomic E-state index is 0.533. The van der Waals surface area contributed by atoms with Crippen molar-refractivity contribution in [3.63, 3.8) is 0 Å². The average molecular weight is 239 g/mol. The van der Waals surface area contributed by atoms with E-state index in [0.717, 1.165) is 23.7 Å². The van der Waals surface area contributed by atoms with E-state index in [1.165, 1.54) is 32.2 Å². The second kappa shape index (κ2) is 6.22. The average Bonchev–Trinajstić information content (AvgIpc) is 2.45. The molecular formula is C16H33N. The van der Waals surface area contributed by atoms with Crippen LogP contribution in [-0.2, 0) is 0 Å². The molecule has 0 amide bonds. The van der Waals surface area contributed by atoms with Crippen LogP contribution in [0, 0.1) is 29.1 Å². The van der Waals surface area contributed by atoms with Gasteiger partial charge < -0.3 is 5.32 Å². The van der Waals surface area contributed by atoms with Crippen LogP contribution in [0.15, 0.2) is 0 Å². The maximum Gasteiger partial charge on any atom is -0.00491 e. The highest BCUT2D eigenvalue weighted by Crippen LogP contribution is 2.55. The highest BCUT2D eigenvalue weighted by atomic mass is 14.8. The SMILES string of the molecule is CCCC(C)C1C(C)CC(CCNC)C1(C)C. The van der Waals surface area contributed by atoms with Crippen LogP contribution in [-0.4, -0.2) is 13.6 Å². The smallest absolute Gasteiger partial charge is 0.00491 e. The van der Waals surface area contributed by atoms with Crippen molar-refractivity contribution >= 4 is 0 Å². The Labute approximate surface area is 109 Å². The number of rotatable bonds is 6. The molecule has 0 aliphatic heterocycles. The van der Waals surface area contributed by atoms with E-state index in [2.05, 4.69) is 47.0 Å². The molecule has 0 heterocycles. The van der Waals surface area contributed by atoms with Crippen LogP contribution < -0.4 is 5.32 Å². The molecule has 1 N–H and O–H groups in total. The van der Waals surface area contributed by atoms with Crippen LogP contribution in [0.5, 0.6) is 0 Å². The Kier molecular flexibility index (Phi) is 5.50. The van der Waals surface area contributed by atoms with Gasteiger partial charge in [0.2, 0.25) is 0 Å². The van der Waals surface area contributed by atoms with E-state index >= 15 is 0 Å². The molecule has 0 bridgehead atoms. The lowest BCUT2D eigenvalue weighted by atomic mass is 9.67. The van der Waals surface area contributed by atoms with E-state index in [-0.39, 0.29) is 0 Å². The molecule has 0 radical (unpaired) electrons. The number of nitrogens with one attached hydrogen (secondary N) is 1. The van der Waals surface area contributed by atoms with Gasteiger partial charge >= 0.3 is 0 Å². The van der Waals surface area contributed by atoms with Gasteiger partial charge in [0.1, 0.15) is 0 Å². The highest BCUT2D eigenvalue weighted by molar-refractivity contribution is 4.97. The Bertz CT molecular complexity index is 222. The molecule has 0 aromatic rings. The molecule has 0 aromatic carbocycles. The molecule has 0 spiro atoms. The van der Waals surface area contributed by atoms with Crippen LogP contribution in [0.4, 0.5) is 0 Å².